The number of nitrogens with two attached hydrogens (primary N) is 1. The number of benzene rings is 1. The highest BCUT2D eigenvalue weighted by molar-refractivity contribution is 7.99. The second-order valence-corrected chi connectivity index (χ2v) is 8.06. The summed E-state index contributed by atoms with van der Waals surface area (Å²) in [5, 5.41) is 1.15. The third kappa shape index (κ3) is 5.84. The lowest BCUT2D eigenvalue weighted by Gasteiger charge is -2.13. The third-order valence-corrected chi connectivity index (χ3v) is 5.54. The standard InChI is InChI=1S/C22H26N4O2S/c1-16(2)20-21(29-18-7-4-3-5-8-18)26(15-17-10-12-24-13-11-17)19(25-20)9-6-14-28-22(23)27/h3-5,7-8,10-13,16H,6,9,14-15H2,1-2H3,(H2,23,27). The number of aryl methyl sites for hydroxylation is 1. The van der Waals surface area contributed by atoms with Crippen LogP contribution in [0, 0.1) is 0 Å². The average molecular weight is 411 g/mol. The summed E-state index contributed by atoms with van der Waals surface area (Å²) in [6.45, 7) is 5.32. The van der Waals surface area contributed by atoms with Gasteiger partial charge in [0.15, 0.2) is 0 Å². The Morgan fingerprint density at radius 3 is 2.55 bits per heavy atom. The lowest BCUT2D eigenvalue weighted by molar-refractivity contribution is 0.155. The quantitative estimate of drug-likeness (QED) is 0.520. The fourth-order valence-electron chi connectivity index (χ4n) is 3.01. The zero-order valence-electron chi connectivity index (χ0n) is 16.7. The number of rotatable bonds is 9. The van der Waals surface area contributed by atoms with Gasteiger partial charge in [-0.3, -0.25) is 4.98 Å². The number of carbonyl (C=O) groups excluding carboxylic acids is 1. The zero-order chi connectivity index (χ0) is 20.6. The van der Waals surface area contributed by atoms with Crippen molar-refractivity contribution in [2.24, 2.45) is 5.73 Å². The summed E-state index contributed by atoms with van der Waals surface area (Å²) >= 11 is 1.73. The first-order chi connectivity index (χ1) is 14.0. The van der Waals surface area contributed by atoms with Gasteiger partial charge >= 0.3 is 6.09 Å². The molecule has 0 aliphatic heterocycles. The molecule has 0 saturated carbocycles. The number of imidazole rings is 1. The molecule has 7 heteroatoms. The van der Waals surface area contributed by atoms with Crippen LogP contribution < -0.4 is 5.73 Å². The highest BCUT2D eigenvalue weighted by Gasteiger charge is 2.20. The summed E-state index contributed by atoms with van der Waals surface area (Å²) in [5.41, 5.74) is 7.31. The molecule has 0 fully saturated rings. The van der Waals surface area contributed by atoms with Crippen LogP contribution in [0.1, 0.15) is 43.3 Å². The second kappa shape index (κ2) is 10.1. The molecule has 0 saturated heterocycles. The molecule has 0 aliphatic rings. The van der Waals surface area contributed by atoms with Crippen LogP contribution in [0.25, 0.3) is 0 Å². The predicted molar refractivity (Wildman–Crippen MR) is 114 cm³/mol. The number of primary amides is 1. The Morgan fingerprint density at radius 2 is 1.90 bits per heavy atom. The summed E-state index contributed by atoms with van der Waals surface area (Å²) in [6.07, 6.45) is 4.24. The van der Waals surface area contributed by atoms with E-state index in [4.69, 9.17) is 15.5 Å². The molecule has 0 unspecified atom stereocenters. The molecule has 2 aromatic heterocycles. The van der Waals surface area contributed by atoms with E-state index in [1.54, 1.807) is 24.2 Å². The molecule has 2 N–H and O–H groups in total. The van der Waals surface area contributed by atoms with E-state index in [1.165, 1.54) is 4.90 Å². The summed E-state index contributed by atoms with van der Waals surface area (Å²) in [4.78, 5) is 21.1. The molecule has 0 bridgehead atoms. The number of pyridine rings is 1. The lowest BCUT2D eigenvalue weighted by atomic mass is 10.1. The average Bonchev–Trinajstić information content (AvgIpc) is 3.04. The van der Waals surface area contributed by atoms with Crippen molar-refractivity contribution in [2.45, 2.75) is 49.1 Å². The van der Waals surface area contributed by atoms with E-state index in [9.17, 15) is 4.79 Å². The fraction of sp³-hybridized carbons (Fsp3) is 0.318. The summed E-state index contributed by atoms with van der Waals surface area (Å²) < 4.78 is 7.16. The van der Waals surface area contributed by atoms with Gasteiger partial charge in [0.1, 0.15) is 10.9 Å². The van der Waals surface area contributed by atoms with Crippen molar-refractivity contribution < 1.29 is 9.53 Å². The van der Waals surface area contributed by atoms with Gasteiger partial charge in [0.2, 0.25) is 0 Å². The monoisotopic (exact) mass is 410 g/mol. The van der Waals surface area contributed by atoms with E-state index >= 15 is 0 Å². The number of ether oxygens (including phenoxy) is 1. The van der Waals surface area contributed by atoms with Gasteiger partial charge in [-0.25, -0.2) is 9.78 Å². The van der Waals surface area contributed by atoms with Crippen LogP contribution in [0.5, 0.6) is 0 Å². The van der Waals surface area contributed by atoms with Crippen LogP contribution in [-0.2, 0) is 17.7 Å². The first kappa shape index (κ1) is 20.9. The number of hydrogen-bond donors (Lipinski definition) is 1. The summed E-state index contributed by atoms with van der Waals surface area (Å²) in [6, 6.07) is 14.4. The number of hydrogen-bond acceptors (Lipinski definition) is 5. The van der Waals surface area contributed by atoms with E-state index in [1.807, 2.05) is 30.3 Å². The van der Waals surface area contributed by atoms with E-state index in [0.29, 0.717) is 25.3 Å². The molecule has 3 aromatic rings. The minimum Gasteiger partial charge on any atom is -0.450 e. The van der Waals surface area contributed by atoms with Crippen molar-refractivity contribution in [1.29, 1.82) is 0 Å². The zero-order valence-corrected chi connectivity index (χ0v) is 17.6. The normalized spacial score (nSPS) is 11.0. The van der Waals surface area contributed by atoms with Crippen LogP contribution in [-0.4, -0.2) is 27.2 Å². The second-order valence-electron chi connectivity index (χ2n) is 7.00. The largest absolute Gasteiger partial charge is 0.450 e. The maximum Gasteiger partial charge on any atom is 0.404 e. The van der Waals surface area contributed by atoms with E-state index in [2.05, 4.69) is 35.5 Å². The highest BCUT2D eigenvalue weighted by atomic mass is 32.2. The van der Waals surface area contributed by atoms with Crippen LogP contribution in [0.2, 0.25) is 0 Å². The molecule has 1 amide bonds. The van der Waals surface area contributed by atoms with Crippen molar-refractivity contribution in [3.8, 4) is 0 Å². The SMILES string of the molecule is CC(C)c1nc(CCCOC(N)=O)n(Cc2ccncc2)c1Sc1ccccc1. The van der Waals surface area contributed by atoms with Gasteiger partial charge in [0.05, 0.1) is 12.3 Å². The van der Waals surface area contributed by atoms with Gasteiger partial charge in [-0.05, 0) is 42.2 Å². The molecule has 0 radical (unpaired) electrons. The molecule has 0 aliphatic carbocycles. The van der Waals surface area contributed by atoms with E-state index in [0.717, 1.165) is 22.1 Å². The molecule has 29 heavy (non-hydrogen) atoms. The minimum absolute atomic E-state index is 0.287. The number of carbonyl (C=O) groups is 1. The van der Waals surface area contributed by atoms with Crippen LogP contribution in [0.4, 0.5) is 4.79 Å². The Morgan fingerprint density at radius 1 is 1.17 bits per heavy atom. The Hall–Kier alpha value is -2.80. The van der Waals surface area contributed by atoms with Crippen molar-refractivity contribution in [2.75, 3.05) is 6.61 Å². The molecule has 3 rings (SSSR count). The van der Waals surface area contributed by atoms with E-state index < -0.39 is 6.09 Å². The molecule has 152 valence electrons. The van der Waals surface area contributed by atoms with Crippen LogP contribution in [0.15, 0.2) is 64.8 Å². The van der Waals surface area contributed by atoms with Crippen molar-refractivity contribution in [3.63, 3.8) is 0 Å². The van der Waals surface area contributed by atoms with Gasteiger partial charge in [0, 0.05) is 30.3 Å². The molecular weight excluding hydrogens is 384 g/mol. The molecule has 0 spiro atoms. The number of amides is 1. The van der Waals surface area contributed by atoms with Crippen LogP contribution in [0.3, 0.4) is 0 Å². The molecule has 0 atom stereocenters. The van der Waals surface area contributed by atoms with Crippen molar-refractivity contribution in [3.05, 3.63) is 71.9 Å². The lowest BCUT2D eigenvalue weighted by Crippen LogP contribution is -2.14. The van der Waals surface area contributed by atoms with Gasteiger partial charge in [-0.1, -0.05) is 43.8 Å². The Kier molecular flexibility index (Phi) is 7.30. The van der Waals surface area contributed by atoms with E-state index in [-0.39, 0.29) is 6.61 Å². The topological polar surface area (TPSA) is 83.0 Å². The van der Waals surface area contributed by atoms with Crippen molar-refractivity contribution in [1.82, 2.24) is 14.5 Å². The Balaban J connectivity index is 1.94. The molecule has 1 aromatic carbocycles. The Bertz CT molecular complexity index is 927. The third-order valence-electron chi connectivity index (χ3n) is 4.41. The first-order valence-electron chi connectivity index (χ1n) is 9.68. The number of nitrogens with zero attached hydrogens (tertiary/aromatic N) is 3. The summed E-state index contributed by atoms with van der Waals surface area (Å²) in [7, 11) is 0. The molecular formula is C22H26N4O2S. The molecule has 2 heterocycles. The Labute approximate surface area is 175 Å². The van der Waals surface area contributed by atoms with Gasteiger partial charge in [0.25, 0.3) is 0 Å². The van der Waals surface area contributed by atoms with Crippen molar-refractivity contribution >= 4 is 17.9 Å². The predicted octanol–water partition coefficient (Wildman–Crippen LogP) is 4.63. The van der Waals surface area contributed by atoms with Gasteiger partial charge in [-0.15, -0.1) is 0 Å². The van der Waals surface area contributed by atoms with Crippen LogP contribution >= 0.6 is 11.8 Å². The first-order valence-corrected chi connectivity index (χ1v) is 10.5. The maximum atomic E-state index is 10.8. The smallest absolute Gasteiger partial charge is 0.404 e. The number of aromatic nitrogens is 3. The molecule has 6 nitrogen and oxygen atoms in total. The highest BCUT2D eigenvalue weighted by Crippen LogP contribution is 2.35. The van der Waals surface area contributed by atoms with Gasteiger partial charge < -0.3 is 15.0 Å². The fourth-order valence-corrected chi connectivity index (χ4v) is 4.20. The summed E-state index contributed by atoms with van der Waals surface area (Å²) in [5.74, 6) is 1.28. The maximum absolute atomic E-state index is 10.8. The minimum atomic E-state index is -0.742. The van der Waals surface area contributed by atoms with Gasteiger partial charge in [-0.2, -0.15) is 0 Å².